The van der Waals surface area contributed by atoms with Crippen LogP contribution in [0.2, 0.25) is 0 Å². The van der Waals surface area contributed by atoms with E-state index in [0.717, 1.165) is 0 Å². The highest BCUT2D eigenvalue weighted by Gasteiger charge is 2.41. The first-order valence-corrected chi connectivity index (χ1v) is 10.4. The summed E-state index contributed by atoms with van der Waals surface area (Å²) in [5, 5.41) is -0.319. The van der Waals surface area contributed by atoms with Crippen LogP contribution in [0, 0.1) is 0 Å². The molecule has 0 aromatic heterocycles. The average molecular weight is 315 g/mol. The van der Waals surface area contributed by atoms with E-state index in [0.29, 0.717) is 0 Å². The topological polar surface area (TPSA) is 46.5 Å². The van der Waals surface area contributed by atoms with Crippen LogP contribution in [0.5, 0.6) is 0 Å². The Morgan fingerprint density at radius 1 is 0.900 bits per heavy atom. The Morgan fingerprint density at radius 2 is 1.30 bits per heavy atom. The maximum atomic E-state index is 12.6. The summed E-state index contributed by atoms with van der Waals surface area (Å²) in [6.45, 7) is 14.5. The van der Waals surface area contributed by atoms with E-state index in [4.69, 9.17) is 0 Å². The molecule has 5 heteroatoms. The van der Waals surface area contributed by atoms with Crippen LogP contribution in [0.1, 0.15) is 41.5 Å². The highest BCUT2D eigenvalue weighted by atomic mass is 32.2. The summed E-state index contributed by atoms with van der Waals surface area (Å²) in [6, 6.07) is 8.47. The first-order valence-electron chi connectivity index (χ1n) is 6.73. The van der Waals surface area contributed by atoms with Gasteiger partial charge in [0, 0.05) is 0 Å². The molecule has 1 aromatic rings. The van der Waals surface area contributed by atoms with Crippen molar-refractivity contribution in [2.45, 2.75) is 56.8 Å². The fraction of sp³-hybridized carbons (Fsp3) is 0.600. The van der Waals surface area contributed by atoms with Crippen molar-refractivity contribution >= 4 is 17.1 Å². The van der Waals surface area contributed by atoms with Crippen LogP contribution >= 0.6 is 7.05 Å². The van der Waals surface area contributed by atoms with Crippen molar-refractivity contribution in [2.75, 3.05) is 6.66 Å². The SMILES string of the molecule is CC(C)(C)P(C)(=NS(=O)(=O)c1ccccc1)C(C)(C)C. The van der Waals surface area contributed by atoms with Gasteiger partial charge in [0.05, 0.1) is 4.90 Å². The monoisotopic (exact) mass is 315 g/mol. The summed E-state index contributed by atoms with van der Waals surface area (Å²) in [6.07, 6.45) is 0. The zero-order valence-corrected chi connectivity index (χ0v) is 15.2. The predicted octanol–water partition coefficient (Wildman–Crippen LogP) is 4.80. The molecule has 0 spiro atoms. The van der Waals surface area contributed by atoms with Gasteiger partial charge in [0.15, 0.2) is 0 Å². The number of hydrogen-bond donors (Lipinski definition) is 0. The molecular weight excluding hydrogens is 289 g/mol. The van der Waals surface area contributed by atoms with Crippen LogP contribution < -0.4 is 0 Å². The molecule has 0 radical (unpaired) electrons. The van der Waals surface area contributed by atoms with Crippen LogP contribution in [0.3, 0.4) is 0 Å². The molecule has 20 heavy (non-hydrogen) atoms. The normalized spacial score (nSPS) is 14.2. The molecule has 0 saturated carbocycles. The Bertz CT molecular complexity index is 602. The number of rotatable bonds is 2. The quantitative estimate of drug-likeness (QED) is 0.736. The van der Waals surface area contributed by atoms with Gasteiger partial charge in [-0.25, -0.2) is 0 Å². The van der Waals surface area contributed by atoms with E-state index in [2.05, 4.69) is 45.7 Å². The third-order valence-electron chi connectivity index (χ3n) is 3.92. The molecule has 0 aliphatic heterocycles. The summed E-state index contributed by atoms with van der Waals surface area (Å²) in [4.78, 5) is 0.278. The van der Waals surface area contributed by atoms with Gasteiger partial charge in [-0.05, 0) is 36.2 Å². The Kier molecular flexibility index (Phi) is 4.63. The molecule has 0 atom stereocenters. The molecule has 0 bridgehead atoms. The highest BCUT2D eigenvalue weighted by molar-refractivity contribution is 7.94. The van der Waals surface area contributed by atoms with Gasteiger partial charge < -0.3 is 0 Å². The van der Waals surface area contributed by atoms with Crippen LogP contribution in [0.25, 0.3) is 0 Å². The molecule has 1 rings (SSSR count). The second-order valence-electron chi connectivity index (χ2n) is 7.17. The van der Waals surface area contributed by atoms with Crippen LogP contribution in [-0.2, 0) is 10.0 Å². The Morgan fingerprint density at radius 3 is 1.65 bits per heavy atom. The molecule has 0 N–H and O–H groups in total. The zero-order valence-electron chi connectivity index (χ0n) is 13.5. The lowest BCUT2D eigenvalue weighted by atomic mass is 10.2. The molecule has 0 fully saturated rings. The van der Waals surface area contributed by atoms with Crippen molar-refractivity contribution in [1.82, 2.24) is 0 Å². The first kappa shape index (κ1) is 17.5. The number of hydrogen-bond acceptors (Lipinski definition) is 2. The first-order chi connectivity index (χ1) is 8.81. The minimum Gasteiger partial charge on any atom is -0.199 e. The van der Waals surface area contributed by atoms with Crippen LogP contribution in [-0.4, -0.2) is 25.4 Å². The van der Waals surface area contributed by atoms with Crippen molar-refractivity contribution in [3.8, 4) is 0 Å². The van der Waals surface area contributed by atoms with Crippen molar-refractivity contribution in [3.63, 3.8) is 0 Å². The largest absolute Gasteiger partial charge is 0.281 e. The molecule has 114 valence electrons. The van der Waals surface area contributed by atoms with Gasteiger partial charge in [-0.2, -0.15) is 12.6 Å². The van der Waals surface area contributed by atoms with Gasteiger partial charge in [0.1, 0.15) is 0 Å². The van der Waals surface area contributed by atoms with Gasteiger partial charge in [-0.15, -0.1) is 0 Å². The van der Waals surface area contributed by atoms with Gasteiger partial charge in [-0.1, -0.05) is 59.7 Å². The lowest BCUT2D eigenvalue weighted by Gasteiger charge is -2.43. The van der Waals surface area contributed by atoms with Crippen molar-refractivity contribution in [3.05, 3.63) is 30.3 Å². The summed E-state index contributed by atoms with van der Waals surface area (Å²) in [5.41, 5.74) is 0. The summed E-state index contributed by atoms with van der Waals surface area (Å²) >= 11 is 0. The zero-order chi connectivity index (χ0) is 15.8. The average Bonchev–Trinajstić information content (AvgIpc) is 2.26. The molecular formula is C15H26NO2PS. The van der Waals surface area contributed by atoms with Crippen molar-refractivity contribution < 1.29 is 8.42 Å². The fourth-order valence-electron chi connectivity index (χ4n) is 2.11. The minimum atomic E-state index is -3.61. The number of nitrogens with zero attached hydrogens (tertiary/aromatic N) is 1. The lowest BCUT2D eigenvalue weighted by Crippen LogP contribution is -2.28. The summed E-state index contributed by atoms with van der Waals surface area (Å²) in [5.74, 6) is 0. The maximum Gasteiger partial charge on any atom is 0.281 e. The highest BCUT2D eigenvalue weighted by Crippen LogP contribution is 2.67. The smallest absolute Gasteiger partial charge is 0.199 e. The van der Waals surface area contributed by atoms with Crippen LogP contribution in [0.4, 0.5) is 0 Å². The summed E-state index contributed by atoms with van der Waals surface area (Å²) < 4.78 is 29.6. The molecule has 0 amide bonds. The van der Waals surface area contributed by atoms with Gasteiger partial charge in [0.25, 0.3) is 10.0 Å². The van der Waals surface area contributed by atoms with E-state index in [-0.39, 0.29) is 15.2 Å². The van der Waals surface area contributed by atoms with E-state index in [9.17, 15) is 8.42 Å². The molecule has 0 aliphatic carbocycles. The lowest BCUT2D eigenvalue weighted by molar-refractivity contribution is 0.597. The fourth-order valence-corrected chi connectivity index (χ4v) is 8.68. The predicted molar refractivity (Wildman–Crippen MR) is 88.4 cm³/mol. The standard InChI is InChI=1S/C15H26NO2PS/c1-14(2,3)19(7,15(4,5)6)16-20(17,18)13-11-9-8-10-12-13/h8-12H,1-7H3. The molecule has 0 saturated heterocycles. The van der Waals surface area contributed by atoms with E-state index in [1.165, 1.54) is 0 Å². The second-order valence-corrected chi connectivity index (χ2v) is 13.8. The van der Waals surface area contributed by atoms with E-state index in [1.807, 2.05) is 6.66 Å². The van der Waals surface area contributed by atoms with E-state index < -0.39 is 17.1 Å². The Labute approximate surface area is 123 Å². The Hall–Kier alpha value is -0.600. The van der Waals surface area contributed by atoms with Crippen LogP contribution in [0.15, 0.2) is 39.4 Å². The maximum absolute atomic E-state index is 12.6. The third-order valence-corrected chi connectivity index (χ3v) is 12.2. The van der Waals surface area contributed by atoms with Gasteiger partial charge in [0.2, 0.25) is 0 Å². The number of benzene rings is 1. The van der Waals surface area contributed by atoms with Crippen molar-refractivity contribution in [1.29, 1.82) is 0 Å². The molecule has 0 heterocycles. The van der Waals surface area contributed by atoms with Crippen molar-refractivity contribution in [2.24, 2.45) is 4.15 Å². The third kappa shape index (κ3) is 3.35. The van der Waals surface area contributed by atoms with E-state index >= 15 is 0 Å². The minimum absolute atomic E-state index is 0.160. The molecule has 1 aromatic carbocycles. The molecule has 3 nitrogen and oxygen atoms in total. The second kappa shape index (κ2) is 5.31. The summed E-state index contributed by atoms with van der Waals surface area (Å²) in [7, 11) is -5.70. The molecule has 0 unspecified atom stereocenters. The van der Waals surface area contributed by atoms with Gasteiger partial charge in [-0.3, -0.25) is 0 Å². The Balaban J connectivity index is 3.60. The number of sulfonamides is 1. The van der Waals surface area contributed by atoms with Gasteiger partial charge >= 0.3 is 0 Å². The molecule has 0 aliphatic rings. The van der Waals surface area contributed by atoms with E-state index in [1.54, 1.807) is 30.3 Å².